The quantitative estimate of drug-likeness (QED) is 0.764. The van der Waals surface area contributed by atoms with Gasteiger partial charge in [0, 0.05) is 17.1 Å². The normalized spacial score (nSPS) is 15.5. The number of anilines is 1. The molecule has 1 fully saturated rings. The lowest BCUT2D eigenvalue weighted by Crippen LogP contribution is -2.35. The van der Waals surface area contributed by atoms with Crippen LogP contribution < -0.4 is 5.32 Å². The molecule has 0 atom stereocenters. The highest BCUT2D eigenvalue weighted by Gasteiger charge is 2.24. The van der Waals surface area contributed by atoms with Gasteiger partial charge in [0.2, 0.25) is 0 Å². The molecule has 1 aliphatic heterocycles. The van der Waals surface area contributed by atoms with E-state index in [0.29, 0.717) is 40.7 Å². The molecule has 0 bridgehead atoms. The highest BCUT2D eigenvalue weighted by atomic mass is 35.5. The van der Waals surface area contributed by atoms with Crippen molar-refractivity contribution in [3.8, 4) is 0 Å². The molecule has 1 heterocycles. The van der Waals surface area contributed by atoms with Gasteiger partial charge >= 0.3 is 5.97 Å². The second kappa shape index (κ2) is 8.74. The molecule has 0 saturated carbocycles. The molecule has 0 unspecified atom stereocenters. The topological polar surface area (TPSA) is 69.6 Å². The third-order valence-electron chi connectivity index (χ3n) is 4.73. The van der Waals surface area contributed by atoms with Gasteiger partial charge in [-0.15, -0.1) is 0 Å². The third-order valence-corrected chi connectivity index (χ3v) is 5.31. The Morgan fingerprint density at radius 2 is 1.74 bits per heavy atom. The molecule has 1 saturated heterocycles. The largest absolute Gasteiger partial charge is 0.481 e. The lowest BCUT2D eigenvalue weighted by Gasteiger charge is -2.30. The Labute approximate surface area is 167 Å². The van der Waals surface area contributed by atoms with Crippen LogP contribution in [0.1, 0.15) is 28.8 Å². The second-order valence-corrected chi connectivity index (χ2v) is 7.51. The van der Waals surface area contributed by atoms with E-state index in [1.807, 2.05) is 12.1 Å². The van der Waals surface area contributed by atoms with Gasteiger partial charge in [0.05, 0.1) is 16.6 Å². The maximum absolute atomic E-state index is 12.4. The predicted molar refractivity (Wildman–Crippen MR) is 106 cm³/mol. The van der Waals surface area contributed by atoms with Crippen molar-refractivity contribution in [2.24, 2.45) is 5.92 Å². The predicted octanol–water partition coefficient (Wildman–Crippen LogP) is 4.54. The van der Waals surface area contributed by atoms with Crippen LogP contribution in [0.4, 0.5) is 5.69 Å². The van der Waals surface area contributed by atoms with Gasteiger partial charge in [-0.25, -0.2) is 0 Å². The number of hydrogen-bond donors (Lipinski definition) is 2. The van der Waals surface area contributed by atoms with E-state index in [1.54, 1.807) is 30.3 Å². The van der Waals surface area contributed by atoms with Crippen LogP contribution in [0.5, 0.6) is 0 Å². The first-order valence-corrected chi connectivity index (χ1v) is 9.48. The first-order valence-electron chi connectivity index (χ1n) is 8.73. The lowest BCUT2D eigenvalue weighted by molar-refractivity contribution is -0.143. The number of halogens is 2. The zero-order valence-electron chi connectivity index (χ0n) is 14.6. The number of amides is 1. The molecule has 142 valence electrons. The van der Waals surface area contributed by atoms with Gasteiger partial charge in [-0.05, 0) is 67.9 Å². The molecule has 0 spiro atoms. The fourth-order valence-corrected chi connectivity index (χ4v) is 3.45. The van der Waals surface area contributed by atoms with Crippen molar-refractivity contribution in [1.82, 2.24) is 4.90 Å². The summed E-state index contributed by atoms with van der Waals surface area (Å²) in [5, 5.41) is 13.0. The Kier molecular flexibility index (Phi) is 6.37. The molecule has 2 aromatic rings. The zero-order valence-corrected chi connectivity index (χ0v) is 16.1. The standard InChI is InChI=1S/C20H20Cl2N2O3/c21-16-4-2-14(3-5-16)19(25)23-18-11-13(1-6-17(18)22)12-24-9-7-15(8-10-24)20(26)27/h1-6,11,15H,7-10,12H2,(H,23,25)(H,26,27). The van der Waals surface area contributed by atoms with Crippen LogP contribution in [0, 0.1) is 5.92 Å². The summed E-state index contributed by atoms with van der Waals surface area (Å²) in [6.07, 6.45) is 1.31. The fourth-order valence-electron chi connectivity index (χ4n) is 3.16. The Balaban J connectivity index is 1.65. The van der Waals surface area contributed by atoms with Gasteiger partial charge in [0.15, 0.2) is 0 Å². The summed E-state index contributed by atoms with van der Waals surface area (Å²) in [6, 6.07) is 12.2. The third kappa shape index (κ3) is 5.22. The molecule has 27 heavy (non-hydrogen) atoms. The smallest absolute Gasteiger partial charge is 0.306 e. The van der Waals surface area contributed by atoms with E-state index in [1.165, 1.54) is 0 Å². The Bertz CT molecular complexity index is 832. The summed E-state index contributed by atoms with van der Waals surface area (Å²) in [7, 11) is 0. The number of carbonyl (C=O) groups is 2. The van der Waals surface area contributed by atoms with E-state index in [2.05, 4.69) is 10.2 Å². The van der Waals surface area contributed by atoms with Crippen LogP contribution >= 0.6 is 23.2 Å². The van der Waals surface area contributed by atoms with E-state index in [-0.39, 0.29) is 11.8 Å². The molecular weight excluding hydrogens is 387 g/mol. The maximum Gasteiger partial charge on any atom is 0.306 e. The van der Waals surface area contributed by atoms with Crippen LogP contribution in [-0.4, -0.2) is 35.0 Å². The number of benzene rings is 2. The van der Waals surface area contributed by atoms with Gasteiger partial charge in [0.1, 0.15) is 0 Å². The molecule has 2 N–H and O–H groups in total. The molecule has 2 aromatic carbocycles. The van der Waals surface area contributed by atoms with E-state index in [0.717, 1.165) is 18.7 Å². The van der Waals surface area contributed by atoms with E-state index >= 15 is 0 Å². The van der Waals surface area contributed by atoms with E-state index < -0.39 is 5.97 Å². The number of carboxylic acid groups (broad SMARTS) is 1. The number of rotatable bonds is 5. The number of hydrogen-bond acceptors (Lipinski definition) is 3. The minimum Gasteiger partial charge on any atom is -0.481 e. The highest BCUT2D eigenvalue weighted by molar-refractivity contribution is 6.34. The van der Waals surface area contributed by atoms with E-state index in [9.17, 15) is 9.59 Å². The number of carbonyl (C=O) groups excluding carboxylic acids is 1. The minimum atomic E-state index is -0.714. The van der Waals surface area contributed by atoms with Crippen LogP contribution in [0.15, 0.2) is 42.5 Å². The Morgan fingerprint density at radius 1 is 1.07 bits per heavy atom. The fraction of sp³-hybridized carbons (Fsp3) is 0.300. The van der Waals surface area contributed by atoms with Crippen LogP contribution in [0.3, 0.4) is 0 Å². The van der Waals surface area contributed by atoms with Gasteiger partial charge in [0.25, 0.3) is 5.91 Å². The summed E-state index contributed by atoms with van der Waals surface area (Å²) < 4.78 is 0. The number of carboxylic acids is 1. The van der Waals surface area contributed by atoms with Crippen LogP contribution in [0.25, 0.3) is 0 Å². The number of nitrogens with zero attached hydrogens (tertiary/aromatic N) is 1. The van der Waals surface area contributed by atoms with Crippen molar-refractivity contribution in [2.45, 2.75) is 19.4 Å². The number of aliphatic carboxylic acids is 1. The molecule has 1 aliphatic rings. The van der Waals surface area contributed by atoms with Crippen LogP contribution in [-0.2, 0) is 11.3 Å². The SMILES string of the molecule is O=C(Nc1cc(CN2CCC(C(=O)O)CC2)ccc1Cl)c1ccc(Cl)cc1. The average molecular weight is 407 g/mol. The molecule has 3 rings (SSSR count). The summed E-state index contributed by atoms with van der Waals surface area (Å²) >= 11 is 12.1. The first-order chi connectivity index (χ1) is 12.9. The first kappa shape index (κ1) is 19.7. The molecular formula is C20H20Cl2N2O3. The summed E-state index contributed by atoms with van der Waals surface area (Å²) in [6.45, 7) is 2.17. The van der Waals surface area contributed by atoms with Crippen molar-refractivity contribution in [1.29, 1.82) is 0 Å². The molecule has 0 aliphatic carbocycles. The van der Waals surface area contributed by atoms with Crippen LogP contribution in [0.2, 0.25) is 10.0 Å². The molecule has 0 radical (unpaired) electrons. The van der Waals surface area contributed by atoms with E-state index in [4.69, 9.17) is 28.3 Å². The van der Waals surface area contributed by atoms with Crippen molar-refractivity contribution >= 4 is 40.8 Å². The number of piperidine rings is 1. The lowest BCUT2D eigenvalue weighted by atomic mass is 9.97. The monoisotopic (exact) mass is 406 g/mol. The summed E-state index contributed by atoms with van der Waals surface area (Å²) in [5.74, 6) is -1.22. The Hall–Kier alpha value is -2.08. The second-order valence-electron chi connectivity index (χ2n) is 6.66. The Morgan fingerprint density at radius 3 is 2.37 bits per heavy atom. The molecule has 0 aromatic heterocycles. The number of nitrogens with one attached hydrogen (secondary N) is 1. The summed E-state index contributed by atoms with van der Waals surface area (Å²) in [4.78, 5) is 25.7. The van der Waals surface area contributed by atoms with Gasteiger partial charge in [-0.3, -0.25) is 14.5 Å². The minimum absolute atomic E-state index is 0.249. The molecule has 5 nitrogen and oxygen atoms in total. The molecule has 7 heteroatoms. The van der Waals surface area contributed by atoms with Gasteiger partial charge < -0.3 is 10.4 Å². The maximum atomic E-state index is 12.4. The number of likely N-dealkylation sites (tertiary alicyclic amines) is 1. The summed E-state index contributed by atoms with van der Waals surface area (Å²) in [5.41, 5.74) is 2.06. The highest BCUT2D eigenvalue weighted by Crippen LogP contribution is 2.26. The zero-order chi connectivity index (χ0) is 19.4. The van der Waals surface area contributed by atoms with Gasteiger partial charge in [-0.1, -0.05) is 29.3 Å². The molecule has 1 amide bonds. The van der Waals surface area contributed by atoms with Crippen molar-refractivity contribution in [3.63, 3.8) is 0 Å². The van der Waals surface area contributed by atoms with Crippen molar-refractivity contribution < 1.29 is 14.7 Å². The van der Waals surface area contributed by atoms with Gasteiger partial charge in [-0.2, -0.15) is 0 Å². The van der Waals surface area contributed by atoms with Crippen molar-refractivity contribution in [2.75, 3.05) is 18.4 Å². The average Bonchev–Trinajstić information content (AvgIpc) is 2.65. The van der Waals surface area contributed by atoms with Crippen molar-refractivity contribution in [3.05, 3.63) is 63.6 Å².